The Hall–Kier alpha value is -1.81. The number of anilines is 1. The minimum absolute atomic E-state index is 0.284. The van der Waals surface area contributed by atoms with Gasteiger partial charge in [-0.05, 0) is 44.4 Å². The average Bonchev–Trinajstić information content (AvgIpc) is 2.47. The number of benzene rings is 1. The Morgan fingerprint density at radius 1 is 1.33 bits per heavy atom. The molecule has 0 aliphatic heterocycles. The third-order valence-corrected chi connectivity index (χ3v) is 3.67. The van der Waals surface area contributed by atoms with E-state index in [1.807, 2.05) is 24.4 Å². The molecule has 4 heteroatoms. The zero-order valence-corrected chi connectivity index (χ0v) is 13.1. The van der Waals surface area contributed by atoms with E-state index in [0.29, 0.717) is 0 Å². The molecule has 0 fully saturated rings. The van der Waals surface area contributed by atoms with Gasteiger partial charge in [-0.25, -0.2) is 0 Å². The van der Waals surface area contributed by atoms with Gasteiger partial charge in [0.2, 0.25) is 0 Å². The Labute approximate surface area is 126 Å². The third-order valence-electron chi connectivity index (χ3n) is 3.67. The fourth-order valence-corrected chi connectivity index (χ4v) is 2.43. The highest BCUT2D eigenvalue weighted by atomic mass is 16.5. The average molecular weight is 287 g/mol. The van der Waals surface area contributed by atoms with E-state index in [-0.39, 0.29) is 6.04 Å². The molecule has 2 aromatic rings. The zero-order chi connectivity index (χ0) is 15.2. The molecular weight excluding hydrogens is 262 g/mol. The summed E-state index contributed by atoms with van der Waals surface area (Å²) >= 11 is 0. The second-order valence-electron chi connectivity index (χ2n) is 5.60. The van der Waals surface area contributed by atoms with E-state index in [0.717, 1.165) is 48.1 Å². The first-order valence-electron chi connectivity index (χ1n) is 7.54. The Bertz CT molecular complexity index is 596. The van der Waals surface area contributed by atoms with Crippen molar-refractivity contribution < 1.29 is 4.74 Å². The van der Waals surface area contributed by atoms with Crippen molar-refractivity contribution in [2.45, 2.75) is 39.2 Å². The number of nitrogens with zero attached hydrogens (tertiary/aromatic N) is 1. The first kappa shape index (κ1) is 15.6. The van der Waals surface area contributed by atoms with Crippen molar-refractivity contribution in [1.82, 2.24) is 4.98 Å². The summed E-state index contributed by atoms with van der Waals surface area (Å²) in [6, 6.07) is 6.36. The van der Waals surface area contributed by atoms with Crippen LogP contribution in [0.15, 0.2) is 24.4 Å². The first-order chi connectivity index (χ1) is 10.1. The summed E-state index contributed by atoms with van der Waals surface area (Å²) in [6.45, 7) is 5.07. The van der Waals surface area contributed by atoms with E-state index in [2.05, 4.69) is 24.1 Å². The smallest absolute Gasteiger partial charge is 0.121 e. The van der Waals surface area contributed by atoms with Gasteiger partial charge in [0.15, 0.2) is 0 Å². The summed E-state index contributed by atoms with van der Waals surface area (Å²) in [5.74, 6) is 0.858. The maximum Gasteiger partial charge on any atom is 0.121 e. The van der Waals surface area contributed by atoms with Crippen LogP contribution >= 0.6 is 0 Å². The maximum absolute atomic E-state index is 5.77. The summed E-state index contributed by atoms with van der Waals surface area (Å²) < 4.78 is 5.39. The van der Waals surface area contributed by atoms with E-state index in [1.54, 1.807) is 7.11 Å². The molecule has 0 saturated carbocycles. The van der Waals surface area contributed by atoms with E-state index < -0.39 is 0 Å². The highest BCUT2D eigenvalue weighted by molar-refractivity contribution is 5.93. The number of methoxy groups -OCH3 is 1. The van der Waals surface area contributed by atoms with Crippen molar-refractivity contribution in [2.75, 3.05) is 19.0 Å². The van der Waals surface area contributed by atoms with Crippen LogP contribution in [0.4, 0.5) is 5.69 Å². The quantitative estimate of drug-likeness (QED) is 0.765. The van der Waals surface area contributed by atoms with Crippen LogP contribution in [0.1, 0.15) is 31.7 Å². The number of aryl methyl sites for hydroxylation is 1. The van der Waals surface area contributed by atoms with Crippen LogP contribution in [0.5, 0.6) is 5.75 Å². The molecule has 0 aliphatic rings. The second-order valence-corrected chi connectivity index (χ2v) is 5.60. The van der Waals surface area contributed by atoms with E-state index in [1.165, 1.54) is 5.56 Å². The van der Waals surface area contributed by atoms with Crippen molar-refractivity contribution >= 4 is 16.6 Å². The Kier molecular flexibility index (Phi) is 5.39. The number of nitrogens with two attached hydrogens (primary N) is 1. The SMILES string of the molecule is COc1cc(NCCCC[C@H](C)N)c2nccc(C)c2c1. The molecule has 21 heavy (non-hydrogen) atoms. The molecule has 0 saturated heterocycles. The highest BCUT2D eigenvalue weighted by Crippen LogP contribution is 2.29. The Balaban J connectivity index is 2.13. The van der Waals surface area contributed by atoms with Gasteiger partial charge >= 0.3 is 0 Å². The molecule has 1 aromatic heterocycles. The number of hydrogen-bond donors (Lipinski definition) is 2. The van der Waals surface area contributed by atoms with Crippen molar-refractivity contribution in [3.05, 3.63) is 30.0 Å². The highest BCUT2D eigenvalue weighted by Gasteiger charge is 2.07. The first-order valence-corrected chi connectivity index (χ1v) is 7.54. The topological polar surface area (TPSA) is 60.2 Å². The molecule has 0 amide bonds. The standard InChI is InChI=1S/C17H25N3O/c1-12-7-9-20-17-15(12)10-14(21-3)11-16(17)19-8-5-4-6-13(2)18/h7,9-11,13,19H,4-6,8,18H2,1-3H3/t13-/m0/s1. The summed E-state index contributed by atoms with van der Waals surface area (Å²) in [6.07, 6.45) is 5.16. The number of fused-ring (bicyclic) bond motifs is 1. The molecule has 3 N–H and O–H groups in total. The minimum atomic E-state index is 0.284. The van der Waals surface area contributed by atoms with Crippen molar-refractivity contribution in [2.24, 2.45) is 5.73 Å². The van der Waals surface area contributed by atoms with Gasteiger partial charge in [-0.1, -0.05) is 6.42 Å². The molecule has 114 valence electrons. The van der Waals surface area contributed by atoms with Gasteiger partial charge in [-0.3, -0.25) is 4.98 Å². The predicted molar refractivity (Wildman–Crippen MR) is 89.0 cm³/mol. The summed E-state index contributed by atoms with van der Waals surface area (Å²) in [7, 11) is 1.69. The number of hydrogen-bond acceptors (Lipinski definition) is 4. The molecule has 0 bridgehead atoms. The summed E-state index contributed by atoms with van der Waals surface area (Å²) in [4.78, 5) is 4.51. The lowest BCUT2D eigenvalue weighted by Gasteiger charge is -2.13. The molecule has 2 rings (SSSR count). The molecule has 0 aliphatic carbocycles. The van der Waals surface area contributed by atoms with Crippen molar-refractivity contribution in [1.29, 1.82) is 0 Å². The molecule has 0 spiro atoms. The molecular formula is C17H25N3O. The second kappa shape index (κ2) is 7.27. The number of nitrogens with one attached hydrogen (secondary N) is 1. The number of rotatable bonds is 7. The fourth-order valence-electron chi connectivity index (χ4n) is 2.43. The van der Waals surface area contributed by atoms with E-state index in [9.17, 15) is 0 Å². The molecule has 4 nitrogen and oxygen atoms in total. The molecule has 0 unspecified atom stereocenters. The lowest BCUT2D eigenvalue weighted by atomic mass is 10.1. The van der Waals surface area contributed by atoms with E-state index in [4.69, 9.17) is 10.5 Å². The van der Waals surface area contributed by atoms with Crippen LogP contribution in [-0.4, -0.2) is 24.7 Å². The van der Waals surface area contributed by atoms with Crippen LogP contribution in [-0.2, 0) is 0 Å². The number of pyridine rings is 1. The van der Waals surface area contributed by atoms with Gasteiger partial charge in [0, 0.05) is 30.2 Å². The van der Waals surface area contributed by atoms with Gasteiger partial charge in [-0.15, -0.1) is 0 Å². The van der Waals surface area contributed by atoms with Gasteiger partial charge in [0.05, 0.1) is 18.3 Å². The van der Waals surface area contributed by atoms with Crippen LogP contribution in [0.3, 0.4) is 0 Å². The lowest BCUT2D eigenvalue weighted by Crippen LogP contribution is -2.14. The summed E-state index contributed by atoms with van der Waals surface area (Å²) in [5, 5.41) is 4.61. The van der Waals surface area contributed by atoms with Crippen molar-refractivity contribution in [3.8, 4) is 5.75 Å². The number of unbranched alkanes of at least 4 members (excludes halogenated alkanes) is 1. The van der Waals surface area contributed by atoms with Crippen molar-refractivity contribution in [3.63, 3.8) is 0 Å². The van der Waals surface area contributed by atoms with Crippen LogP contribution in [0.2, 0.25) is 0 Å². The van der Waals surface area contributed by atoms with E-state index >= 15 is 0 Å². The maximum atomic E-state index is 5.77. The predicted octanol–water partition coefficient (Wildman–Crippen LogP) is 3.48. The van der Waals surface area contributed by atoms with Crippen LogP contribution < -0.4 is 15.8 Å². The third kappa shape index (κ3) is 4.08. The largest absolute Gasteiger partial charge is 0.497 e. The summed E-state index contributed by atoms with van der Waals surface area (Å²) in [5.41, 5.74) is 9.01. The number of aromatic nitrogens is 1. The Morgan fingerprint density at radius 2 is 2.14 bits per heavy atom. The van der Waals surface area contributed by atoms with Gasteiger partial charge in [0.25, 0.3) is 0 Å². The number of ether oxygens (including phenoxy) is 1. The zero-order valence-electron chi connectivity index (χ0n) is 13.1. The van der Waals surface area contributed by atoms with Crippen LogP contribution in [0, 0.1) is 6.92 Å². The monoisotopic (exact) mass is 287 g/mol. The molecule has 1 heterocycles. The molecule has 1 aromatic carbocycles. The van der Waals surface area contributed by atoms with Crippen LogP contribution in [0.25, 0.3) is 10.9 Å². The minimum Gasteiger partial charge on any atom is -0.497 e. The van der Waals surface area contributed by atoms with Gasteiger partial charge in [-0.2, -0.15) is 0 Å². The van der Waals surface area contributed by atoms with Gasteiger partial charge < -0.3 is 15.8 Å². The molecule has 0 radical (unpaired) electrons. The normalized spacial score (nSPS) is 12.4. The Morgan fingerprint density at radius 3 is 2.86 bits per heavy atom. The van der Waals surface area contributed by atoms with Gasteiger partial charge in [0.1, 0.15) is 5.75 Å². The lowest BCUT2D eigenvalue weighted by molar-refractivity contribution is 0.415. The fraction of sp³-hybridized carbons (Fsp3) is 0.471. The molecule has 1 atom stereocenters.